The average Bonchev–Trinajstić information content (AvgIpc) is 2.65. The third-order valence-electron chi connectivity index (χ3n) is 2.29. The van der Waals surface area contributed by atoms with E-state index < -0.39 is 11.3 Å². The zero-order valence-electron chi connectivity index (χ0n) is 9.53. The van der Waals surface area contributed by atoms with Crippen LogP contribution < -0.4 is 0 Å². The van der Waals surface area contributed by atoms with Crippen molar-refractivity contribution in [1.29, 1.82) is 0 Å². The number of rotatable bonds is 3. The first-order chi connectivity index (χ1) is 6.84. The summed E-state index contributed by atoms with van der Waals surface area (Å²) in [5.74, 6) is -0.708. The van der Waals surface area contributed by atoms with E-state index >= 15 is 0 Å². The first-order valence-corrected chi connectivity index (χ1v) is 4.96. The van der Waals surface area contributed by atoms with Gasteiger partial charge < -0.3 is 4.42 Å². The minimum Gasteiger partial charge on any atom is -0.461 e. The predicted molar refractivity (Wildman–Crippen MR) is 56.7 cm³/mol. The molecule has 0 aliphatic carbocycles. The fraction of sp³-hybridized carbons (Fsp3) is 0.500. The maximum atomic E-state index is 11.8. The zero-order valence-corrected chi connectivity index (χ0v) is 9.53. The van der Waals surface area contributed by atoms with E-state index in [0.29, 0.717) is 0 Å². The highest BCUT2D eigenvalue weighted by molar-refractivity contribution is 6.10. The molecule has 1 atom stereocenters. The molecule has 3 nitrogen and oxygen atoms in total. The minimum atomic E-state index is -0.642. The second-order valence-corrected chi connectivity index (χ2v) is 4.68. The Morgan fingerprint density at radius 1 is 1.33 bits per heavy atom. The van der Waals surface area contributed by atoms with Gasteiger partial charge in [0.2, 0.25) is 5.78 Å². The van der Waals surface area contributed by atoms with Gasteiger partial charge in [0, 0.05) is 5.41 Å². The van der Waals surface area contributed by atoms with E-state index in [9.17, 15) is 9.59 Å². The van der Waals surface area contributed by atoms with Gasteiger partial charge in [-0.05, 0) is 19.1 Å². The van der Waals surface area contributed by atoms with Gasteiger partial charge in [-0.2, -0.15) is 0 Å². The Kier molecular flexibility index (Phi) is 3.12. The molecule has 0 N–H and O–H groups in total. The van der Waals surface area contributed by atoms with Crippen molar-refractivity contribution in [2.45, 2.75) is 27.7 Å². The number of hydrogen-bond acceptors (Lipinski definition) is 3. The topological polar surface area (TPSA) is 47.3 Å². The van der Waals surface area contributed by atoms with Crippen molar-refractivity contribution in [2.75, 3.05) is 0 Å². The first-order valence-electron chi connectivity index (χ1n) is 4.96. The average molecular weight is 208 g/mol. The van der Waals surface area contributed by atoms with Crippen LogP contribution in [0.15, 0.2) is 22.8 Å². The summed E-state index contributed by atoms with van der Waals surface area (Å²) >= 11 is 0. The summed E-state index contributed by atoms with van der Waals surface area (Å²) in [5, 5.41) is 0. The fourth-order valence-corrected chi connectivity index (χ4v) is 1.40. The lowest BCUT2D eigenvalue weighted by Gasteiger charge is -2.20. The third-order valence-corrected chi connectivity index (χ3v) is 2.29. The fourth-order valence-electron chi connectivity index (χ4n) is 1.40. The Labute approximate surface area is 89.5 Å². The summed E-state index contributed by atoms with van der Waals surface area (Å²) < 4.78 is 4.98. The molecular formula is C12H16O3. The Hall–Kier alpha value is -1.38. The zero-order chi connectivity index (χ0) is 11.6. The molecule has 82 valence electrons. The second kappa shape index (κ2) is 4.01. The van der Waals surface area contributed by atoms with Crippen LogP contribution in [0, 0.1) is 11.3 Å². The van der Waals surface area contributed by atoms with Crippen LogP contribution in [0.2, 0.25) is 0 Å². The SMILES string of the molecule is CC(C(=O)c1ccco1)C(=O)C(C)(C)C. The molecule has 1 rings (SSSR count). The maximum Gasteiger partial charge on any atom is 0.208 e. The Balaban J connectivity index is 2.83. The van der Waals surface area contributed by atoms with Crippen molar-refractivity contribution < 1.29 is 14.0 Å². The van der Waals surface area contributed by atoms with Crippen LogP contribution >= 0.6 is 0 Å². The highest BCUT2D eigenvalue weighted by Crippen LogP contribution is 2.22. The molecule has 0 amide bonds. The molecule has 1 unspecified atom stereocenters. The molecular weight excluding hydrogens is 192 g/mol. The first kappa shape index (κ1) is 11.7. The molecule has 0 aromatic carbocycles. The number of furan rings is 1. The quantitative estimate of drug-likeness (QED) is 0.566. The van der Waals surface area contributed by atoms with Crippen molar-refractivity contribution in [2.24, 2.45) is 11.3 Å². The standard InChI is InChI=1S/C12H16O3/c1-8(11(14)12(2,3)4)10(13)9-6-5-7-15-9/h5-8H,1-4H3. The van der Waals surface area contributed by atoms with Gasteiger partial charge in [0.05, 0.1) is 12.2 Å². The van der Waals surface area contributed by atoms with Crippen LogP contribution in [0.25, 0.3) is 0 Å². The smallest absolute Gasteiger partial charge is 0.208 e. The lowest BCUT2D eigenvalue weighted by molar-refractivity contribution is -0.128. The predicted octanol–water partition coefficient (Wildman–Crippen LogP) is 2.71. The number of Topliss-reactive ketones (excluding diaryl/α,β-unsaturated/α-hetero) is 2. The summed E-state index contributed by atoms with van der Waals surface area (Å²) in [4.78, 5) is 23.6. The van der Waals surface area contributed by atoms with Gasteiger partial charge in [0.1, 0.15) is 5.78 Å². The summed E-state index contributed by atoms with van der Waals surface area (Å²) in [5.41, 5.74) is -0.498. The van der Waals surface area contributed by atoms with Crippen molar-refractivity contribution in [3.05, 3.63) is 24.2 Å². The Bertz CT molecular complexity index is 355. The monoisotopic (exact) mass is 208 g/mol. The molecule has 0 spiro atoms. The molecule has 3 heteroatoms. The molecule has 0 saturated heterocycles. The van der Waals surface area contributed by atoms with E-state index in [1.807, 2.05) is 0 Å². The normalized spacial score (nSPS) is 13.6. The molecule has 0 aliphatic heterocycles. The highest BCUT2D eigenvalue weighted by Gasteiger charge is 2.32. The molecule has 0 radical (unpaired) electrons. The second-order valence-electron chi connectivity index (χ2n) is 4.68. The molecule has 15 heavy (non-hydrogen) atoms. The number of ketones is 2. The summed E-state index contributed by atoms with van der Waals surface area (Å²) in [7, 11) is 0. The van der Waals surface area contributed by atoms with Crippen LogP contribution in [-0.4, -0.2) is 11.6 Å². The van der Waals surface area contributed by atoms with Crippen LogP contribution in [0.4, 0.5) is 0 Å². The summed E-state index contributed by atoms with van der Waals surface area (Å²) in [6.07, 6.45) is 1.43. The van der Waals surface area contributed by atoms with Gasteiger partial charge in [-0.15, -0.1) is 0 Å². The maximum absolute atomic E-state index is 11.8. The lowest BCUT2D eigenvalue weighted by atomic mass is 9.82. The largest absolute Gasteiger partial charge is 0.461 e. The van der Waals surface area contributed by atoms with E-state index in [1.165, 1.54) is 6.26 Å². The van der Waals surface area contributed by atoms with Crippen molar-refractivity contribution in [3.63, 3.8) is 0 Å². The Morgan fingerprint density at radius 3 is 2.33 bits per heavy atom. The third kappa shape index (κ3) is 2.55. The van der Waals surface area contributed by atoms with Crippen LogP contribution in [-0.2, 0) is 4.79 Å². The molecule has 1 aromatic rings. The molecule has 1 aromatic heterocycles. The van der Waals surface area contributed by atoms with E-state index in [0.717, 1.165) is 0 Å². The molecule has 1 heterocycles. The van der Waals surface area contributed by atoms with Crippen molar-refractivity contribution in [3.8, 4) is 0 Å². The van der Waals surface area contributed by atoms with Gasteiger partial charge in [0.25, 0.3) is 0 Å². The van der Waals surface area contributed by atoms with Gasteiger partial charge in [0.15, 0.2) is 5.76 Å². The van der Waals surface area contributed by atoms with Gasteiger partial charge in [-0.1, -0.05) is 20.8 Å². The highest BCUT2D eigenvalue weighted by atomic mass is 16.3. The molecule has 0 saturated carbocycles. The van der Waals surface area contributed by atoms with Crippen LogP contribution in [0.5, 0.6) is 0 Å². The molecule has 0 fully saturated rings. The minimum absolute atomic E-state index is 0.0658. The molecule has 0 aliphatic rings. The Morgan fingerprint density at radius 2 is 1.93 bits per heavy atom. The number of carbonyl (C=O) groups is 2. The van der Waals surface area contributed by atoms with E-state index in [1.54, 1.807) is 39.8 Å². The van der Waals surface area contributed by atoms with E-state index in [-0.39, 0.29) is 17.3 Å². The number of carbonyl (C=O) groups excluding carboxylic acids is 2. The lowest BCUT2D eigenvalue weighted by Crippen LogP contribution is -2.31. The summed E-state index contributed by atoms with van der Waals surface area (Å²) in [6.45, 7) is 7.04. The van der Waals surface area contributed by atoms with Crippen molar-refractivity contribution >= 4 is 11.6 Å². The van der Waals surface area contributed by atoms with Gasteiger partial charge in [-0.3, -0.25) is 9.59 Å². The van der Waals surface area contributed by atoms with Gasteiger partial charge >= 0.3 is 0 Å². The van der Waals surface area contributed by atoms with E-state index in [2.05, 4.69) is 0 Å². The van der Waals surface area contributed by atoms with Gasteiger partial charge in [-0.25, -0.2) is 0 Å². The summed E-state index contributed by atoms with van der Waals surface area (Å²) in [6, 6.07) is 3.22. The van der Waals surface area contributed by atoms with Crippen molar-refractivity contribution in [1.82, 2.24) is 0 Å². The number of hydrogen-bond donors (Lipinski definition) is 0. The van der Waals surface area contributed by atoms with Crippen LogP contribution in [0.1, 0.15) is 38.2 Å². The molecule has 0 bridgehead atoms. The van der Waals surface area contributed by atoms with E-state index in [4.69, 9.17) is 4.42 Å². The van der Waals surface area contributed by atoms with Crippen LogP contribution in [0.3, 0.4) is 0 Å².